The van der Waals surface area contributed by atoms with E-state index in [0.717, 1.165) is 18.9 Å². The number of nitro groups is 1. The fraction of sp³-hybridized carbons (Fsp3) is 0.571. The highest BCUT2D eigenvalue weighted by molar-refractivity contribution is 9.10. The van der Waals surface area contributed by atoms with E-state index in [1.54, 1.807) is 0 Å². The first-order chi connectivity index (χ1) is 9.41. The molecule has 0 atom stereocenters. The molecule has 0 radical (unpaired) electrons. The minimum atomic E-state index is -0.619. The van der Waals surface area contributed by atoms with Crippen LogP contribution in [0.4, 0.5) is 15.8 Å². The Labute approximate surface area is 126 Å². The van der Waals surface area contributed by atoms with Crippen molar-refractivity contribution in [2.45, 2.75) is 39.0 Å². The normalized spacial score (nSPS) is 17.8. The molecule has 1 fully saturated rings. The lowest BCUT2D eigenvalue weighted by atomic mass is 9.76. The highest BCUT2D eigenvalue weighted by atomic mass is 79.9. The lowest BCUT2D eigenvalue weighted by Crippen LogP contribution is -2.29. The largest absolute Gasteiger partial charge is 0.379 e. The zero-order chi connectivity index (χ0) is 14.8. The number of nitrogens with one attached hydrogen (secondary N) is 1. The average Bonchev–Trinajstić information content (AvgIpc) is 2.40. The van der Waals surface area contributed by atoms with Crippen LogP contribution in [0.3, 0.4) is 0 Å². The predicted molar refractivity (Wildman–Crippen MR) is 80.4 cm³/mol. The zero-order valence-electron chi connectivity index (χ0n) is 11.4. The van der Waals surface area contributed by atoms with E-state index in [0.29, 0.717) is 12.2 Å². The second kappa shape index (κ2) is 6.08. The first-order valence-electron chi connectivity index (χ1n) is 6.79. The molecule has 4 nitrogen and oxygen atoms in total. The van der Waals surface area contributed by atoms with Gasteiger partial charge in [-0.3, -0.25) is 10.1 Å². The van der Waals surface area contributed by atoms with Crippen molar-refractivity contribution in [1.82, 2.24) is 0 Å². The van der Waals surface area contributed by atoms with Gasteiger partial charge in [0.15, 0.2) is 0 Å². The fourth-order valence-corrected chi connectivity index (χ4v) is 3.06. The van der Waals surface area contributed by atoms with E-state index in [1.807, 2.05) is 0 Å². The number of rotatable bonds is 4. The molecule has 1 aliphatic carbocycles. The summed E-state index contributed by atoms with van der Waals surface area (Å²) in [7, 11) is 0. The van der Waals surface area contributed by atoms with E-state index in [-0.39, 0.29) is 15.6 Å². The van der Waals surface area contributed by atoms with E-state index in [9.17, 15) is 14.5 Å². The van der Waals surface area contributed by atoms with Gasteiger partial charge in [-0.25, -0.2) is 4.39 Å². The second-order valence-corrected chi connectivity index (χ2v) is 6.62. The Kier molecular flexibility index (Phi) is 4.62. The topological polar surface area (TPSA) is 55.2 Å². The molecular weight excluding hydrogens is 327 g/mol. The van der Waals surface area contributed by atoms with Gasteiger partial charge in [0.1, 0.15) is 11.5 Å². The van der Waals surface area contributed by atoms with Crippen molar-refractivity contribution >= 4 is 27.3 Å². The number of nitro benzene ring substituents is 1. The van der Waals surface area contributed by atoms with Crippen molar-refractivity contribution in [3.05, 3.63) is 32.5 Å². The van der Waals surface area contributed by atoms with Gasteiger partial charge in [0, 0.05) is 6.54 Å². The molecule has 0 amide bonds. The standard InChI is InChI=1S/C14H18BrFN2O2/c1-14(5-3-2-4-6-14)9-17-12-7-10(15)11(16)8-13(12)18(19)20/h7-8,17H,2-6,9H2,1H3. The Morgan fingerprint density at radius 3 is 2.65 bits per heavy atom. The summed E-state index contributed by atoms with van der Waals surface area (Å²) in [5.74, 6) is -0.619. The summed E-state index contributed by atoms with van der Waals surface area (Å²) in [5.41, 5.74) is 0.313. The summed E-state index contributed by atoms with van der Waals surface area (Å²) in [4.78, 5) is 10.4. The average molecular weight is 345 g/mol. The summed E-state index contributed by atoms with van der Waals surface area (Å²) in [6.07, 6.45) is 5.91. The van der Waals surface area contributed by atoms with Crippen LogP contribution in [0.5, 0.6) is 0 Å². The molecule has 1 saturated carbocycles. The third-order valence-corrected chi connectivity index (χ3v) is 4.61. The van der Waals surface area contributed by atoms with Gasteiger partial charge in [-0.1, -0.05) is 26.2 Å². The van der Waals surface area contributed by atoms with Crippen molar-refractivity contribution in [3.8, 4) is 0 Å². The lowest BCUT2D eigenvalue weighted by molar-refractivity contribution is -0.384. The molecule has 2 rings (SSSR count). The van der Waals surface area contributed by atoms with Gasteiger partial charge in [-0.15, -0.1) is 0 Å². The van der Waals surface area contributed by atoms with Gasteiger partial charge >= 0.3 is 0 Å². The third-order valence-electron chi connectivity index (χ3n) is 4.00. The predicted octanol–water partition coefficient (Wildman–Crippen LogP) is 4.88. The Balaban J connectivity index is 2.16. The first kappa shape index (κ1) is 15.2. The van der Waals surface area contributed by atoms with Crippen LogP contribution in [0.2, 0.25) is 0 Å². The van der Waals surface area contributed by atoms with Crippen molar-refractivity contribution in [1.29, 1.82) is 0 Å². The summed E-state index contributed by atoms with van der Waals surface area (Å²) in [5, 5.41) is 14.1. The van der Waals surface area contributed by atoms with Crippen LogP contribution in [-0.2, 0) is 0 Å². The molecule has 0 bridgehead atoms. The summed E-state index contributed by atoms with van der Waals surface area (Å²) in [6.45, 7) is 2.87. The molecule has 0 aromatic heterocycles. The minimum absolute atomic E-state index is 0.160. The molecule has 6 heteroatoms. The van der Waals surface area contributed by atoms with Gasteiger partial charge in [-0.2, -0.15) is 0 Å². The van der Waals surface area contributed by atoms with Crippen molar-refractivity contribution in [3.63, 3.8) is 0 Å². The van der Waals surface area contributed by atoms with E-state index in [1.165, 1.54) is 25.3 Å². The molecule has 110 valence electrons. The van der Waals surface area contributed by atoms with Crippen LogP contribution in [0, 0.1) is 21.3 Å². The Hall–Kier alpha value is -1.17. The number of anilines is 1. The van der Waals surface area contributed by atoms with Gasteiger partial charge in [0.05, 0.1) is 15.5 Å². The minimum Gasteiger partial charge on any atom is -0.379 e. The van der Waals surface area contributed by atoms with E-state index >= 15 is 0 Å². The van der Waals surface area contributed by atoms with Crippen LogP contribution in [0.25, 0.3) is 0 Å². The monoisotopic (exact) mass is 344 g/mol. The molecule has 0 unspecified atom stereocenters. The molecule has 1 aliphatic rings. The number of hydrogen-bond donors (Lipinski definition) is 1. The molecule has 20 heavy (non-hydrogen) atoms. The summed E-state index contributed by atoms with van der Waals surface area (Å²) in [6, 6.07) is 2.40. The van der Waals surface area contributed by atoms with Gasteiger partial charge in [0.2, 0.25) is 0 Å². The smallest absolute Gasteiger partial charge is 0.295 e. The highest BCUT2D eigenvalue weighted by Gasteiger charge is 2.27. The van der Waals surface area contributed by atoms with E-state index in [2.05, 4.69) is 28.2 Å². The maximum atomic E-state index is 13.4. The van der Waals surface area contributed by atoms with Crippen LogP contribution in [-0.4, -0.2) is 11.5 Å². The Bertz CT molecular complexity index is 516. The molecule has 0 spiro atoms. The summed E-state index contributed by atoms with van der Waals surface area (Å²) >= 11 is 3.07. The SMILES string of the molecule is CC1(CNc2cc(Br)c(F)cc2[N+](=O)[O-])CCCCC1. The molecule has 0 saturated heterocycles. The van der Waals surface area contributed by atoms with Crippen molar-refractivity contribution < 1.29 is 9.31 Å². The molecule has 1 N–H and O–H groups in total. The Morgan fingerprint density at radius 2 is 2.05 bits per heavy atom. The molecule has 1 aromatic rings. The molecule has 1 aromatic carbocycles. The lowest BCUT2D eigenvalue weighted by Gasteiger charge is -2.34. The summed E-state index contributed by atoms with van der Waals surface area (Å²) < 4.78 is 13.6. The van der Waals surface area contributed by atoms with Gasteiger partial charge in [0.25, 0.3) is 5.69 Å². The first-order valence-corrected chi connectivity index (χ1v) is 7.58. The van der Waals surface area contributed by atoms with Gasteiger partial charge < -0.3 is 5.32 Å². The number of benzene rings is 1. The number of hydrogen-bond acceptors (Lipinski definition) is 3. The van der Waals surface area contributed by atoms with Crippen LogP contribution in [0.15, 0.2) is 16.6 Å². The van der Waals surface area contributed by atoms with E-state index < -0.39 is 10.7 Å². The van der Waals surface area contributed by atoms with Gasteiger partial charge in [-0.05, 0) is 40.3 Å². The molecule has 0 heterocycles. The van der Waals surface area contributed by atoms with Crippen LogP contribution < -0.4 is 5.32 Å². The van der Waals surface area contributed by atoms with Crippen molar-refractivity contribution in [2.24, 2.45) is 5.41 Å². The maximum absolute atomic E-state index is 13.4. The molecule has 0 aliphatic heterocycles. The zero-order valence-corrected chi connectivity index (χ0v) is 13.0. The highest BCUT2D eigenvalue weighted by Crippen LogP contribution is 2.37. The fourth-order valence-electron chi connectivity index (χ4n) is 2.72. The number of nitrogens with zero attached hydrogens (tertiary/aromatic N) is 1. The van der Waals surface area contributed by atoms with E-state index in [4.69, 9.17) is 0 Å². The van der Waals surface area contributed by atoms with Crippen molar-refractivity contribution in [2.75, 3.05) is 11.9 Å². The number of halogens is 2. The third kappa shape index (κ3) is 3.48. The Morgan fingerprint density at radius 1 is 1.40 bits per heavy atom. The quantitative estimate of drug-likeness (QED) is 0.625. The molecular formula is C14H18BrFN2O2. The van der Waals surface area contributed by atoms with Crippen LogP contribution in [0.1, 0.15) is 39.0 Å². The second-order valence-electron chi connectivity index (χ2n) is 5.77. The van der Waals surface area contributed by atoms with Crippen LogP contribution >= 0.6 is 15.9 Å². The maximum Gasteiger partial charge on any atom is 0.295 e.